The van der Waals surface area contributed by atoms with Crippen LogP contribution in [0.4, 0.5) is 0 Å². The summed E-state index contributed by atoms with van der Waals surface area (Å²) in [5.74, 6) is 0.743. The fourth-order valence-corrected chi connectivity index (χ4v) is 1.07. The molecule has 0 spiro atoms. The van der Waals surface area contributed by atoms with E-state index in [0.29, 0.717) is 11.5 Å². The normalized spacial score (nSPS) is 13.2. The fourth-order valence-electron chi connectivity index (χ4n) is 1.07. The summed E-state index contributed by atoms with van der Waals surface area (Å²) in [5.41, 5.74) is -0.0551. The van der Waals surface area contributed by atoms with E-state index in [1.165, 1.54) is 19.3 Å². The van der Waals surface area contributed by atoms with Crippen molar-refractivity contribution in [2.75, 3.05) is 13.7 Å². The molecule has 0 aromatic rings. The molecule has 0 atom stereocenters. The highest BCUT2D eigenvalue weighted by molar-refractivity contribution is 5.26. The molecule has 0 unspecified atom stereocenters. The van der Waals surface area contributed by atoms with E-state index in [2.05, 4.69) is 6.58 Å². The van der Waals surface area contributed by atoms with Crippen molar-refractivity contribution in [3.8, 4) is 0 Å². The van der Waals surface area contributed by atoms with Crippen molar-refractivity contribution in [1.82, 2.24) is 0 Å². The van der Waals surface area contributed by atoms with Crippen molar-refractivity contribution in [3.05, 3.63) is 58.2 Å². The van der Waals surface area contributed by atoms with Gasteiger partial charge in [-0.25, -0.2) is 0 Å². The van der Waals surface area contributed by atoms with E-state index in [4.69, 9.17) is 9.47 Å². The Labute approximate surface area is 101 Å². The van der Waals surface area contributed by atoms with Crippen LogP contribution in [-0.4, -0.2) is 18.6 Å². The van der Waals surface area contributed by atoms with E-state index >= 15 is 0 Å². The summed E-state index contributed by atoms with van der Waals surface area (Å²) < 4.78 is 10.4. The second-order valence-corrected chi connectivity index (χ2v) is 2.94. The highest BCUT2D eigenvalue weighted by Gasteiger charge is 2.12. The minimum absolute atomic E-state index is 0.0551. The number of rotatable bonds is 7. The summed E-state index contributed by atoms with van der Waals surface area (Å²) in [4.78, 5) is 10.2. The molecule has 5 nitrogen and oxygen atoms in total. The van der Waals surface area contributed by atoms with Crippen molar-refractivity contribution in [2.24, 2.45) is 0 Å². The summed E-state index contributed by atoms with van der Waals surface area (Å²) in [7, 11) is 1.47. The molecule has 0 fully saturated rings. The van der Waals surface area contributed by atoms with Crippen molar-refractivity contribution < 1.29 is 14.4 Å². The molecule has 0 aliphatic rings. The van der Waals surface area contributed by atoms with Crippen LogP contribution in [0.2, 0.25) is 0 Å². The van der Waals surface area contributed by atoms with Gasteiger partial charge in [-0.3, -0.25) is 10.1 Å². The predicted octanol–water partition coefficient (Wildman–Crippen LogP) is 2.80. The van der Waals surface area contributed by atoms with E-state index in [1.807, 2.05) is 0 Å². The van der Waals surface area contributed by atoms with Crippen LogP contribution in [0.25, 0.3) is 0 Å². The highest BCUT2D eigenvalue weighted by atomic mass is 16.6. The Bertz CT molecular complexity index is 367. The fraction of sp³-hybridized carbons (Fsp3) is 0.333. The Morgan fingerprint density at radius 3 is 2.35 bits per heavy atom. The van der Waals surface area contributed by atoms with Gasteiger partial charge in [-0.2, -0.15) is 0 Å². The molecule has 0 amide bonds. The predicted molar refractivity (Wildman–Crippen MR) is 65.7 cm³/mol. The Balaban J connectivity index is 5.22. The van der Waals surface area contributed by atoms with Crippen molar-refractivity contribution in [1.29, 1.82) is 0 Å². The first kappa shape index (κ1) is 15.0. The van der Waals surface area contributed by atoms with Crippen LogP contribution in [0.15, 0.2) is 48.1 Å². The van der Waals surface area contributed by atoms with Gasteiger partial charge in [0.25, 0.3) is 5.70 Å². The lowest BCUT2D eigenvalue weighted by molar-refractivity contribution is -0.419. The smallest absolute Gasteiger partial charge is 0.269 e. The second kappa shape index (κ2) is 8.15. The zero-order valence-corrected chi connectivity index (χ0v) is 10.3. The first-order chi connectivity index (χ1) is 8.10. The maximum Gasteiger partial charge on any atom is 0.269 e. The van der Waals surface area contributed by atoms with Crippen LogP contribution in [-0.2, 0) is 9.47 Å². The molecule has 94 valence electrons. The van der Waals surface area contributed by atoms with Crippen LogP contribution in [0.3, 0.4) is 0 Å². The first-order valence-electron chi connectivity index (χ1n) is 5.07. The monoisotopic (exact) mass is 239 g/mol. The lowest BCUT2D eigenvalue weighted by Gasteiger charge is -2.10. The minimum Gasteiger partial charge on any atom is -0.493 e. The van der Waals surface area contributed by atoms with E-state index in [0.717, 1.165) is 0 Å². The lowest BCUT2D eigenvalue weighted by atomic mass is 10.3. The maximum absolute atomic E-state index is 10.7. The quantitative estimate of drug-likeness (QED) is 0.225. The van der Waals surface area contributed by atoms with Gasteiger partial charge in [0.2, 0.25) is 0 Å². The van der Waals surface area contributed by atoms with Gasteiger partial charge in [-0.15, -0.1) is 0 Å². The maximum atomic E-state index is 10.7. The Morgan fingerprint density at radius 1 is 1.35 bits per heavy atom. The number of nitrogens with zero attached hydrogens (tertiary/aromatic N) is 1. The molecule has 0 saturated carbocycles. The van der Waals surface area contributed by atoms with Gasteiger partial charge in [-0.1, -0.05) is 12.7 Å². The van der Waals surface area contributed by atoms with Gasteiger partial charge in [0.05, 0.1) is 18.1 Å². The summed E-state index contributed by atoms with van der Waals surface area (Å²) in [6, 6.07) is 0. The van der Waals surface area contributed by atoms with Gasteiger partial charge >= 0.3 is 0 Å². The number of ether oxygens (including phenoxy) is 2. The third-order valence-corrected chi connectivity index (χ3v) is 1.87. The summed E-state index contributed by atoms with van der Waals surface area (Å²) in [6.45, 7) is 7.11. The van der Waals surface area contributed by atoms with Crippen LogP contribution < -0.4 is 0 Å². The average molecular weight is 239 g/mol. The average Bonchev–Trinajstić information content (AvgIpc) is 2.32. The number of methoxy groups -OCH3 is 1. The van der Waals surface area contributed by atoms with Gasteiger partial charge in [0.15, 0.2) is 11.5 Å². The summed E-state index contributed by atoms with van der Waals surface area (Å²) in [5, 5.41) is 10.7. The molecule has 0 aliphatic heterocycles. The number of hydrogen-bond donors (Lipinski definition) is 0. The summed E-state index contributed by atoms with van der Waals surface area (Å²) >= 11 is 0. The summed E-state index contributed by atoms with van der Waals surface area (Å²) in [6.07, 6.45) is 5.93. The van der Waals surface area contributed by atoms with Crippen molar-refractivity contribution in [2.45, 2.75) is 13.8 Å². The van der Waals surface area contributed by atoms with Crippen LogP contribution in [0, 0.1) is 10.1 Å². The zero-order valence-electron chi connectivity index (χ0n) is 10.3. The molecular formula is C12H17NO4. The van der Waals surface area contributed by atoms with Crippen molar-refractivity contribution >= 4 is 0 Å². The minimum atomic E-state index is -0.486. The molecule has 0 heterocycles. The molecule has 0 N–H and O–H groups in total. The van der Waals surface area contributed by atoms with Gasteiger partial charge in [-0.05, 0) is 26.0 Å². The van der Waals surface area contributed by atoms with Crippen molar-refractivity contribution in [3.63, 3.8) is 0 Å². The molecule has 0 saturated heterocycles. The Kier molecular flexibility index (Phi) is 7.17. The number of allylic oxidation sites excluding steroid dienone is 3. The Morgan fingerprint density at radius 2 is 2.00 bits per heavy atom. The molecule has 0 rings (SSSR count). The second-order valence-electron chi connectivity index (χ2n) is 2.94. The number of hydrogen-bond acceptors (Lipinski definition) is 4. The Hall–Kier alpha value is -2.04. The van der Waals surface area contributed by atoms with E-state index in [-0.39, 0.29) is 12.3 Å². The van der Waals surface area contributed by atoms with E-state index in [9.17, 15) is 10.1 Å². The molecule has 0 bridgehead atoms. The SMILES string of the molecule is C=CCOC(=C/C(=C\C)[N+](=O)[O-])/C(=C\C)OC. The van der Waals surface area contributed by atoms with Gasteiger partial charge in [0, 0.05) is 0 Å². The molecule has 5 heteroatoms. The topological polar surface area (TPSA) is 61.6 Å². The standard InChI is InChI=1S/C12H17NO4/c1-5-8-17-12(11(7-3)16-4)9-10(6-2)13(14)15/h5-7,9H,1,8H2,2-4H3/b10-6+,11-7+,12-9+. The molecule has 0 radical (unpaired) electrons. The molecular weight excluding hydrogens is 222 g/mol. The highest BCUT2D eigenvalue weighted by Crippen LogP contribution is 2.15. The van der Waals surface area contributed by atoms with Crippen LogP contribution in [0.5, 0.6) is 0 Å². The molecule has 17 heavy (non-hydrogen) atoms. The lowest BCUT2D eigenvalue weighted by Crippen LogP contribution is -2.03. The van der Waals surface area contributed by atoms with E-state index < -0.39 is 4.92 Å². The van der Waals surface area contributed by atoms with Gasteiger partial charge in [0.1, 0.15) is 6.61 Å². The largest absolute Gasteiger partial charge is 0.493 e. The molecule has 0 aromatic heterocycles. The van der Waals surface area contributed by atoms with Gasteiger partial charge < -0.3 is 9.47 Å². The molecule has 0 aliphatic carbocycles. The third kappa shape index (κ3) is 5.01. The van der Waals surface area contributed by atoms with E-state index in [1.54, 1.807) is 26.0 Å². The third-order valence-electron chi connectivity index (χ3n) is 1.87. The van der Waals surface area contributed by atoms with Crippen LogP contribution in [0.1, 0.15) is 13.8 Å². The molecule has 0 aromatic carbocycles. The van der Waals surface area contributed by atoms with Crippen LogP contribution >= 0.6 is 0 Å². The first-order valence-corrected chi connectivity index (χ1v) is 5.07. The number of nitro groups is 1. The zero-order chi connectivity index (χ0) is 13.3.